The Balaban J connectivity index is 1.38. The number of rotatable bonds is 8. The van der Waals surface area contributed by atoms with E-state index in [0.717, 1.165) is 11.3 Å². The van der Waals surface area contributed by atoms with Crippen LogP contribution >= 0.6 is 0 Å². The first kappa shape index (κ1) is 24.2. The van der Waals surface area contributed by atoms with Crippen LogP contribution in [0.2, 0.25) is 0 Å². The lowest BCUT2D eigenvalue weighted by Crippen LogP contribution is -2.31. The van der Waals surface area contributed by atoms with E-state index >= 15 is 0 Å². The largest absolute Gasteiger partial charge is 0.457 e. The van der Waals surface area contributed by atoms with E-state index in [1.165, 1.54) is 5.56 Å². The van der Waals surface area contributed by atoms with Gasteiger partial charge in [-0.2, -0.15) is 0 Å². The molecule has 1 aliphatic heterocycles. The van der Waals surface area contributed by atoms with Crippen molar-refractivity contribution in [2.45, 2.75) is 39.7 Å². The minimum absolute atomic E-state index is 0.0513. The molecule has 1 saturated heterocycles. The highest BCUT2D eigenvalue weighted by Gasteiger charge is 2.37. The number of anilines is 1. The summed E-state index contributed by atoms with van der Waals surface area (Å²) in [6, 6.07) is 21.9. The molecule has 180 valence electrons. The SMILES string of the molecule is CC[C@H](OC(=O)[C@@H]1CC(=O)N(c2ccc(Oc3ccc(C)c(C)c3)cc2)C1)C(=O)c1ccccc1. The van der Waals surface area contributed by atoms with Gasteiger partial charge in [-0.05, 0) is 67.8 Å². The molecule has 0 aromatic heterocycles. The number of nitrogens with zero attached hydrogens (tertiary/aromatic N) is 1. The molecular weight excluding hydrogens is 442 g/mol. The lowest BCUT2D eigenvalue weighted by atomic mass is 10.0. The summed E-state index contributed by atoms with van der Waals surface area (Å²) in [6.45, 7) is 6.09. The van der Waals surface area contributed by atoms with Crippen molar-refractivity contribution in [1.82, 2.24) is 0 Å². The van der Waals surface area contributed by atoms with E-state index in [0.29, 0.717) is 23.4 Å². The lowest BCUT2D eigenvalue weighted by molar-refractivity contribution is -0.151. The topological polar surface area (TPSA) is 72.9 Å². The monoisotopic (exact) mass is 471 g/mol. The van der Waals surface area contributed by atoms with Crippen LogP contribution in [-0.4, -0.2) is 30.3 Å². The van der Waals surface area contributed by atoms with Gasteiger partial charge < -0.3 is 14.4 Å². The van der Waals surface area contributed by atoms with Gasteiger partial charge in [0.05, 0.1) is 5.92 Å². The van der Waals surface area contributed by atoms with Crippen molar-refractivity contribution in [2.75, 3.05) is 11.4 Å². The first-order chi connectivity index (χ1) is 16.9. The molecule has 2 atom stereocenters. The highest BCUT2D eigenvalue weighted by Crippen LogP contribution is 2.30. The molecule has 3 aromatic rings. The van der Waals surface area contributed by atoms with Crippen molar-refractivity contribution in [1.29, 1.82) is 0 Å². The predicted octanol–water partition coefficient (Wildman–Crippen LogP) is 5.65. The van der Waals surface area contributed by atoms with Crippen LogP contribution in [0.25, 0.3) is 0 Å². The van der Waals surface area contributed by atoms with E-state index in [9.17, 15) is 14.4 Å². The summed E-state index contributed by atoms with van der Waals surface area (Å²) in [5, 5.41) is 0. The van der Waals surface area contributed by atoms with Crippen molar-refractivity contribution in [3.8, 4) is 11.5 Å². The van der Waals surface area contributed by atoms with Gasteiger partial charge in [-0.25, -0.2) is 0 Å². The molecule has 1 heterocycles. The summed E-state index contributed by atoms with van der Waals surface area (Å²) in [5.41, 5.74) is 3.53. The number of aryl methyl sites for hydroxylation is 2. The standard InChI is InChI=1S/C29H29NO5/c1-4-26(28(32)21-8-6-5-7-9-21)35-29(33)22-17-27(31)30(18-22)23-11-14-24(15-12-23)34-25-13-10-19(2)20(3)16-25/h5-16,22,26H,4,17-18H2,1-3H3/t22-,26+/m1/s1. The number of esters is 1. The summed E-state index contributed by atoms with van der Waals surface area (Å²) >= 11 is 0. The fraction of sp³-hybridized carbons (Fsp3) is 0.276. The highest BCUT2D eigenvalue weighted by atomic mass is 16.5. The number of hydrogen-bond donors (Lipinski definition) is 0. The molecule has 0 saturated carbocycles. The zero-order valence-electron chi connectivity index (χ0n) is 20.2. The van der Waals surface area contributed by atoms with Gasteiger partial charge in [0.1, 0.15) is 11.5 Å². The number of ether oxygens (including phenoxy) is 2. The maximum absolute atomic E-state index is 12.8. The molecule has 0 radical (unpaired) electrons. The van der Waals surface area contributed by atoms with Crippen LogP contribution in [0.4, 0.5) is 5.69 Å². The lowest BCUT2D eigenvalue weighted by Gasteiger charge is -2.19. The molecule has 0 spiro atoms. The van der Waals surface area contributed by atoms with Crippen LogP contribution in [0.15, 0.2) is 72.8 Å². The number of amides is 1. The van der Waals surface area contributed by atoms with E-state index in [1.807, 2.05) is 38.1 Å². The maximum atomic E-state index is 12.8. The molecule has 6 nitrogen and oxygen atoms in total. The second kappa shape index (κ2) is 10.6. The predicted molar refractivity (Wildman–Crippen MR) is 134 cm³/mol. The van der Waals surface area contributed by atoms with E-state index in [1.54, 1.807) is 60.4 Å². The number of carbonyl (C=O) groups is 3. The van der Waals surface area contributed by atoms with Crippen molar-refractivity contribution in [2.24, 2.45) is 5.92 Å². The van der Waals surface area contributed by atoms with Crippen molar-refractivity contribution < 1.29 is 23.9 Å². The smallest absolute Gasteiger partial charge is 0.312 e. The zero-order valence-corrected chi connectivity index (χ0v) is 20.2. The molecular formula is C29H29NO5. The minimum Gasteiger partial charge on any atom is -0.457 e. The van der Waals surface area contributed by atoms with Crippen LogP contribution in [0.3, 0.4) is 0 Å². The zero-order chi connectivity index (χ0) is 24.9. The van der Waals surface area contributed by atoms with Gasteiger partial charge in [-0.3, -0.25) is 14.4 Å². The first-order valence-electron chi connectivity index (χ1n) is 11.8. The van der Waals surface area contributed by atoms with Gasteiger partial charge in [0, 0.05) is 24.2 Å². The fourth-order valence-electron chi connectivity index (χ4n) is 4.07. The molecule has 0 N–H and O–H groups in total. The van der Waals surface area contributed by atoms with Crippen LogP contribution in [0.1, 0.15) is 41.3 Å². The Kier molecular flexibility index (Phi) is 7.30. The number of carbonyl (C=O) groups excluding carboxylic acids is 3. The van der Waals surface area contributed by atoms with E-state index < -0.39 is 18.0 Å². The van der Waals surface area contributed by atoms with E-state index in [-0.39, 0.29) is 24.7 Å². The summed E-state index contributed by atoms with van der Waals surface area (Å²) in [4.78, 5) is 39.8. The van der Waals surface area contributed by atoms with Crippen molar-refractivity contribution in [3.63, 3.8) is 0 Å². The summed E-state index contributed by atoms with van der Waals surface area (Å²) in [5.74, 6) is -0.126. The summed E-state index contributed by atoms with van der Waals surface area (Å²) in [7, 11) is 0. The Morgan fingerprint density at radius 2 is 1.63 bits per heavy atom. The number of benzene rings is 3. The molecule has 6 heteroatoms. The van der Waals surface area contributed by atoms with Gasteiger partial charge in [-0.1, -0.05) is 43.3 Å². The van der Waals surface area contributed by atoms with Crippen molar-refractivity contribution >= 4 is 23.3 Å². The second-order valence-electron chi connectivity index (χ2n) is 8.81. The minimum atomic E-state index is -0.865. The first-order valence-corrected chi connectivity index (χ1v) is 11.8. The Labute approximate surface area is 205 Å². The molecule has 35 heavy (non-hydrogen) atoms. The molecule has 0 aliphatic carbocycles. The molecule has 1 amide bonds. The summed E-state index contributed by atoms with van der Waals surface area (Å²) < 4.78 is 11.5. The average molecular weight is 472 g/mol. The van der Waals surface area contributed by atoms with Gasteiger partial charge in [-0.15, -0.1) is 0 Å². The quantitative estimate of drug-likeness (QED) is 0.313. The van der Waals surface area contributed by atoms with Gasteiger partial charge in [0.25, 0.3) is 0 Å². The van der Waals surface area contributed by atoms with Crippen LogP contribution in [0.5, 0.6) is 11.5 Å². The Morgan fingerprint density at radius 1 is 0.943 bits per heavy atom. The second-order valence-corrected chi connectivity index (χ2v) is 8.81. The third-order valence-corrected chi connectivity index (χ3v) is 6.30. The molecule has 0 bridgehead atoms. The number of Topliss-reactive ketones (excluding diaryl/α,β-unsaturated/α-hetero) is 1. The molecule has 0 unspecified atom stereocenters. The normalized spacial score (nSPS) is 16.1. The Morgan fingerprint density at radius 3 is 2.29 bits per heavy atom. The van der Waals surface area contributed by atoms with Crippen LogP contribution in [0, 0.1) is 19.8 Å². The van der Waals surface area contributed by atoms with E-state index in [2.05, 4.69) is 0 Å². The van der Waals surface area contributed by atoms with Gasteiger partial charge >= 0.3 is 5.97 Å². The van der Waals surface area contributed by atoms with Gasteiger partial charge in [0.15, 0.2) is 6.10 Å². The third kappa shape index (κ3) is 5.60. The number of hydrogen-bond acceptors (Lipinski definition) is 5. The Bertz CT molecular complexity index is 1220. The van der Waals surface area contributed by atoms with Crippen LogP contribution in [-0.2, 0) is 14.3 Å². The van der Waals surface area contributed by atoms with Gasteiger partial charge in [0.2, 0.25) is 11.7 Å². The molecule has 1 fully saturated rings. The maximum Gasteiger partial charge on any atom is 0.312 e. The van der Waals surface area contributed by atoms with Crippen LogP contribution < -0.4 is 9.64 Å². The average Bonchev–Trinajstić information content (AvgIpc) is 3.27. The number of ketones is 1. The molecule has 1 aliphatic rings. The van der Waals surface area contributed by atoms with Crippen molar-refractivity contribution in [3.05, 3.63) is 89.5 Å². The van der Waals surface area contributed by atoms with E-state index in [4.69, 9.17) is 9.47 Å². The third-order valence-electron chi connectivity index (χ3n) is 6.30. The highest BCUT2D eigenvalue weighted by molar-refractivity contribution is 6.02. The molecule has 3 aromatic carbocycles. The fourth-order valence-corrected chi connectivity index (χ4v) is 4.07. The summed E-state index contributed by atoms with van der Waals surface area (Å²) in [6.07, 6.45) is -0.447. The Hall–Kier alpha value is -3.93. The molecule has 4 rings (SSSR count).